The van der Waals surface area contributed by atoms with Crippen LogP contribution in [-0.4, -0.2) is 21.8 Å². The fourth-order valence-corrected chi connectivity index (χ4v) is 4.76. The van der Waals surface area contributed by atoms with Crippen molar-refractivity contribution >= 4 is 45.6 Å². The number of aryl methyl sites for hydroxylation is 3. The molecule has 1 saturated heterocycles. The van der Waals surface area contributed by atoms with Crippen molar-refractivity contribution in [3.05, 3.63) is 105 Å². The number of carbonyl (C=O) groups excluding carboxylic acids is 2. The topological polar surface area (TPSA) is 73.4 Å². The van der Waals surface area contributed by atoms with E-state index in [1.807, 2.05) is 69.3 Å². The highest BCUT2D eigenvalue weighted by atomic mass is 35.5. The SMILES string of the molecule is Cc1ccc(C)c(/C(O)=C2\C(=O)C(=O)N(c3ccc(C)c(Cl)c3)C2c2c[nH]c3ccccc23)c1. The number of para-hydroxylation sites is 1. The standard InChI is InChI=1S/C28H23ClN2O3/c1-15-8-9-16(2)20(12-15)26(32)24-25(21-14-30-23-7-5-4-6-19(21)23)31(28(34)27(24)33)18-11-10-17(3)22(29)13-18/h4-14,25,30,32H,1-3H3/b26-24+. The minimum Gasteiger partial charge on any atom is -0.507 e. The molecule has 0 aliphatic carbocycles. The van der Waals surface area contributed by atoms with E-state index in [0.29, 0.717) is 16.3 Å². The average Bonchev–Trinajstić information content (AvgIpc) is 3.35. The van der Waals surface area contributed by atoms with Gasteiger partial charge >= 0.3 is 0 Å². The van der Waals surface area contributed by atoms with E-state index < -0.39 is 17.7 Å². The fraction of sp³-hybridized carbons (Fsp3) is 0.143. The molecule has 3 aromatic carbocycles. The molecule has 6 heteroatoms. The number of aliphatic hydroxyl groups is 1. The van der Waals surface area contributed by atoms with Gasteiger partial charge < -0.3 is 10.1 Å². The van der Waals surface area contributed by atoms with E-state index in [1.165, 1.54) is 4.90 Å². The first-order valence-corrected chi connectivity index (χ1v) is 11.4. The van der Waals surface area contributed by atoms with Gasteiger partial charge in [-0.15, -0.1) is 0 Å². The Morgan fingerprint density at radius 3 is 2.47 bits per heavy atom. The number of aliphatic hydroxyl groups excluding tert-OH is 1. The Morgan fingerprint density at radius 1 is 0.971 bits per heavy atom. The van der Waals surface area contributed by atoms with Gasteiger partial charge in [-0.2, -0.15) is 0 Å². The molecule has 1 aliphatic heterocycles. The number of hydrogen-bond acceptors (Lipinski definition) is 3. The quantitative estimate of drug-likeness (QED) is 0.207. The number of hydrogen-bond donors (Lipinski definition) is 2. The molecular weight excluding hydrogens is 448 g/mol. The molecule has 2 heterocycles. The molecule has 1 unspecified atom stereocenters. The normalized spacial score (nSPS) is 17.6. The lowest BCUT2D eigenvalue weighted by molar-refractivity contribution is -0.132. The van der Waals surface area contributed by atoms with Gasteiger partial charge in [0.25, 0.3) is 11.7 Å². The Morgan fingerprint density at radius 2 is 1.71 bits per heavy atom. The molecule has 5 rings (SSSR count). The lowest BCUT2D eigenvalue weighted by atomic mass is 9.93. The molecule has 0 spiro atoms. The van der Waals surface area contributed by atoms with Gasteiger partial charge in [0.1, 0.15) is 5.76 Å². The third kappa shape index (κ3) is 3.40. The summed E-state index contributed by atoms with van der Waals surface area (Å²) in [4.78, 5) is 31.5. The molecule has 4 aromatic rings. The number of nitrogens with one attached hydrogen (secondary N) is 1. The largest absolute Gasteiger partial charge is 0.507 e. The molecule has 0 saturated carbocycles. The average molecular weight is 471 g/mol. The van der Waals surface area contributed by atoms with Crippen LogP contribution >= 0.6 is 11.6 Å². The van der Waals surface area contributed by atoms with Gasteiger partial charge in [-0.3, -0.25) is 14.5 Å². The molecule has 1 aromatic heterocycles. The Labute approximate surface area is 202 Å². The predicted molar refractivity (Wildman–Crippen MR) is 135 cm³/mol. The number of nitrogens with zero attached hydrogens (tertiary/aromatic N) is 1. The second kappa shape index (κ2) is 8.19. The van der Waals surface area contributed by atoms with Crippen molar-refractivity contribution < 1.29 is 14.7 Å². The first-order chi connectivity index (χ1) is 16.3. The van der Waals surface area contributed by atoms with E-state index in [-0.39, 0.29) is 11.3 Å². The summed E-state index contributed by atoms with van der Waals surface area (Å²) in [6.07, 6.45) is 1.79. The minimum atomic E-state index is -0.824. The van der Waals surface area contributed by atoms with Gasteiger partial charge in [-0.05, 0) is 56.2 Å². The monoisotopic (exact) mass is 470 g/mol. The number of H-pyrrole nitrogens is 1. The number of carbonyl (C=O) groups is 2. The smallest absolute Gasteiger partial charge is 0.300 e. The van der Waals surface area contributed by atoms with Gasteiger partial charge in [-0.1, -0.05) is 53.6 Å². The number of rotatable bonds is 3. The zero-order valence-corrected chi connectivity index (χ0v) is 19.8. The third-order valence-electron chi connectivity index (χ3n) is 6.44. The van der Waals surface area contributed by atoms with Crippen LogP contribution in [0.3, 0.4) is 0 Å². The van der Waals surface area contributed by atoms with Gasteiger partial charge in [0.15, 0.2) is 0 Å². The summed E-state index contributed by atoms with van der Waals surface area (Å²) in [6.45, 7) is 5.66. The maximum atomic E-state index is 13.4. The van der Waals surface area contributed by atoms with Gasteiger partial charge in [0, 0.05) is 38.9 Å². The Kier molecular flexibility index (Phi) is 5.29. The summed E-state index contributed by atoms with van der Waals surface area (Å²) in [5.74, 6) is -1.62. The highest BCUT2D eigenvalue weighted by molar-refractivity contribution is 6.52. The number of halogens is 1. The lowest BCUT2D eigenvalue weighted by Crippen LogP contribution is -2.29. The molecular formula is C28H23ClN2O3. The maximum Gasteiger partial charge on any atom is 0.300 e. The van der Waals surface area contributed by atoms with Crippen molar-refractivity contribution in [3.63, 3.8) is 0 Å². The zero-order valence-electron chi connectivity index (χ0n) is 19.0. The number of aromatic nitrogens is 1. The number of ketones is 1. The number of aromatic amines is 1. The van der Waals surface area contributed by atoms with Crippen molar-refractivity contribution in [3.8, 4) is 0 Å². The molecule has 0 radical (unpaired) electrons. The molecule has 5 nitrogen and oxygen atoms in total. The highest BCUT2D eigenvalue weighted by Crippen LogP contribution is 2.45. The van der Waals surface area contributed by atoms with Crippen LogP contribution in [0.4, 0.5) is 5.69 Å². The summed E-state index contributed by atoms with van der Waals surface area (Å²) in [6, 6.07) is 17.8. The number of benzene rings is 3. The van der Waals surface area contributed by atoms with Crippen LogP contribution in [0.5, 0.6) is 0 Å². The van der Waals surface area contributed by atoms with Crippen molar-refractivity contribution in [2.75, 3.05) is 4.90 Å². The van der Waals surface area contributed by atoms with Crippen molar-refractivity contribution in [1.29, 1.82) is 0 Å². The zero-order chi connectivity index (χ0) is 24.1. The van der Waals surface area contributed by atoms with Crippen molar-refractivity contribution in [2.24, 2.45) is 0 Å². The van der Waals surface area contributed by atoms with Crippen LogP contribution in [0.2, 0.25) is 5.02 Å². The molecule has 34 heavy (non-hydrogen) atoms. The van der Waals surface area contributed by atoms with Crippen molar-refractivity contribution in [1.82, 2.24) is 4.98 Å². The number of amides is 1. The van der Waals surface area contributed by atoms with Crippen molar-refractivity contribution in [2.45, 2.75) is 26.8 Å². The Bertz CT molecular complexity index is 1520. The minimum absolute atomic E-state index is 0.0557. The summed E-state index contributed by atoms with van der Waals surface area (Å²) in [7, 11) is 0. The van der Waals surface area contributed by atoms with E-state index >= 15 is 0 Å². The molecule has 1 amide bonds. The van der Waals surface area contributed by atoms with Crippen LogP contribution in [0.25, 0.3) is 16.7 Å². The summed E-state index contributed by atoms with van der Waals surface area (Å²) in [5.41, 5.74) is 5.29. The predicted octanol–water partition coefficient (Wildman–Crippen LogP) is 6.37. The van der Waals surface area contributed by atoms with Gasteiger partial charge in [0.05, 0.1) is 11.6 Å². The Balaban J connectivity index is 1.81. The lowest BCUT2D eigenvalue weighted by Gasteiger charge is -2.25. The Hall–Kier alpha value is -3.83. The van der Waals surface area contributed by atoms with Crippen LogP contribution in [-0.2, 0) is 9.59 Å². The third-order valence-corrected chi connectivity index (χ3v) is 6.85. The second-order valence-corrected chi connectivity index (χ2v) is 9.12. The summed E-state index contributed by atoms with van der Waals surface area (Å²) in [5, 5.41) is 12.8. The van der Waals surface area contributed by atoms with Gasteiger partial charge in [-0.25, -0.2) is 0 Å². The first kappa shape index (κ1) is 22.0. The first-order valence-electron chi connectivity index (χ1n) is 11.0. The highest BCUT2D eigenvalue weighted by Gasteiger charge is 2.48. The fourth-order valence-electron chi connectivity index (χ4n) is 4.58. The number of Topliss-reactive ketones (excluding diaryl/α,β-unsaturated/α-hetero) is 1. The number of anilines is 1. The van der Waals surface area contributed by atoms with Crippen LogP contribution in [0, 0.1) is 20.8 Å². The summed E-state index contributed by atoms with van der Waals surface area (Å²) < 4.78 is 0. The molecule has 1 fully saturated rings. The molecule has 170 valence electrons. The molecule has 0 bridgehead atoms. The van der Waals surface area contributed by atoms with Crippen LogP contribution < -0.4 is 4.90 Å². The van der Waals surface area contributed by atoms with E-state index in [1.54, 1.807) is 18.3 Å². The van der Waals surface area contributed by atoms with Crippen LogP contribution in [0.15, 0.2) is 72.4 Å². The van der Waals surface area contributed by atoms with Crippen LogP contribution in [0.1, 0.15) is 33.9 Å². The van der Waals surface area contributed by atoms with E-state index in [4.69, 9.17) is 11.6 Å². The molecule has 1 aliphatic rings. The van der Waals surface area contributed by atoms with E-state index in [2.05, 4.69) is 4.98 Å². The maximum absolute atomic E-state index is 13.4. The van der Waals surface area contributed by atoms with Gasteiger partial charge in [0.2, 0.25) is 0 Å². The molecule has 2 N–H and O–H groups in total. The summed E-state index contributed by atoms with van der Waals surface area (Å²) >= 11 is 6.39. The second-order valence-electron chi connectivity index (χ2n) is 8.71. The number of fused-ring (bicyclic) bond motifs is 1. The van der Waals surface area contributed by atoms with E-state index in [0.717, 1.165) is 33.2 Å². The van der Waals surface area contributed by atoms with E-state index in [9.17, 15) is 14.7 Å². The molecule has 1 atom stereocenters.